The fraction of sp³-hybridized carbons (Fsp3) is 0.444. The first-order valence-corrected chi connectivity index (χ1v) is 3.94. The van der Waals surface area contributed by atoms with Crippen LogP contribution in [-0.2, 0) is 4.79 Å². The Morgan fingerprint density at radius 1 is 1.58 bits per heavy atom. The highest BCUT2D eigenvalue weighted by Gasteiger charge is 2.58. The summed E-state index contributed by atoms with van der Waals surface area (Å²) in [5, 5.41) is 18.0. The maximum absolute atomic E-state index is 10.5. The van der Waals surface area contributed by atoms with Crippen molar-refractivity contribution in [2.45, 2.75) is 12.5 Å². The molecule has 0 aromatic rings. The number of hydrogen-bond donors (Lipinski definition) is 2. The first kappa shape index (κ1) is 7.55. The third-order valence-corrected chi connectivity index (χ3v) is 2.71. The van der Waals surface area contributed by atoms with Crippen molar-refractivity contribution in [1.29, 1.82) is 0 Å². The van der Waals surface area contributed by atoms with Gasteiger partial charge in [0.1, 0.15) is 0 Å². The van der Waals surface area contributed by atoms with Crippen LogP contribution in [0.2, 0.25) is 0 Å². The lowest BCUT2D eigenvalue weighted by molar-refractivity contribution is -0.149. The number of hydrogen-bond acceptors (Lipinski definition) is 2. The van der Waals surface area contributed by atoms with Crippen molar-refractivity contribution in [2.75, 3.05) is 0 Å². The zero-order valence-corrected chi connectivity index (χ0v) is 6.47. The van der Waals surface area contributed by atoms with Gasteiger partial charge in [-0.2, -0.15) is 0 Å². The monoisotopic (exact) mass is 166 g/mol. The molecule has 3 nitrogen and oxygen atoms in total. The molecule has 2 aliphatic carbocycles. The molecule has 0 aromatic heterocycles. The van der Waals surface area contributed by atoms with Crippen molar-refractivity contribution < 1.29 is 15.0 Å². The lowest BCUT2D eigenvalue weighted by atomic mass is 9.93. The van der Waals surface area contributed by atoms with Gasteiger partial charge in [-0.3, -0.25) is 0 Å². The molecule has 2 N–H and O–H groups in total. The maximum atomic E-state index is 10.5. The lowest BCUT2D eigenvalue weighted by Crippen LogP contribution is -2.31. The van der Waals surface area contributed by atoms with E-state index in [2.05, 4.69) is 0 Å². The Labute approximate surface area is 70.0 Å². The standard InChI is InChI=1S/C9H10O3/c10-7(8(11)12)9-4-2-1-3-6(9)5-9/h1-4,6-7,10H,5H2,(H,11,12). The minimum atomic E-state index is -1.25. The van der Waals surface area contributed by atoms with Crippen LogP contribution >= 0.6 is 0 Å². The molecule has 3 atom stereocenters. The van der Waals surface area contributed by atoms with Gasteiger partial charge in [-0.25, -0.2) is 4.79 Å². The topological polar surface area (TPSA) is 57.5 Å². The summed E-state index contributed by atoms with van der Waals surface area (Å²) >= 11 is 0. The fourth-order valence-corrected chi connectivity index (χ4v) is 1.83. The Kier molecular flexibility index (Phi) is 1.38. The number of aliphatic hydroxyl groups excluding tert-OH is 1. The number of aliphatic carboxylic acids is 1. The molecule has 1 fully saturated rings. The molecule has 0 saturated heterocycles. The van der Waals surface area contributed by atoms with Gasteiger partial charge >= 0.3 is 5.97 Å². The van der Waals surface area contributed by atoms with Crippen LogP contribution in [-0.4, -0.2) is 22.3 Å². The average molecular weight is 166 g/mol. The second kappa shape index (κ2) is 2.20. The summed E-state index contributed by atoms with van der Waals surface area (Å²) < 4.78 is 0. The van der Waals surface area contributed by atoms with Crippen molar-refractivity contribution in [3.8, 4) is 0 Å². The minimum absolute atomic E-state index is 0.230. The van der Waals surface area contributed by atoms with Gasteiger partial charge in [-0.15, -0.1) is 0 Å². The van der Waals surface area contributed by atoms with E-state index in [0.717, 1.165) is 6.42 Å². The van der Waals surface area contributed by atoms with Gasteiger partial charge in [0.2, 0.25) is 0 Å². The highest BCUT2D eigenvalue weighted by atomic mass is 16.4. The quantitative estimate of drug-likeness (QED) is 0.630. The second-order valence-electron chi connectivity index (χ2n) is 3.41. The van der Waals surface area contributed by atoms with Crippen molar-refractivity contribution >= 4 is 5.97 Å². The molecule has 12 heavy (non-hydrogen) atoms. The minimum Gasteiger partial charge on any atom is -0.479 e. The van der Waals surface area contributed by atoms with Gasteiger partial charge in [-0.05, 0) is 12.3 Å². The summed E-state index contributed by atoms with van der Waals surface area (Å²) in [7, 11) is 0. The van der Waals surface area contributed by atoms with E-state index in [1.807, 2.05) is 12.2 Å². The number of aliphatic hydroxyl groups is 1. The van der Waals surface area contributed by atoms with E-state index in [4.69, 9.17) is 5.11 Å². The Morgan fingerprint density at radius 3 is 2.92 bits per heavy atom. The first-order chi connectivity index (χ1) is 5.67. The van der Waals surface area contributed by atoms with Crippen LogP contribution in [0, 0.1) is 11.3 Å². The Balaban J connectivity index is 2.21. The van der Waals surface area contributed by atoms with E-state index in [9.17, 15) is 9.90 Å². The van der Waals surface area contributed by atoms with Gasteiger partial charge in [0.15, 0.2) is 6.10 Å². The normalized spacial score (nSPS) is 38.9. The number of allylic oxidation sites excluding steroid dienone is 3. The predicted molar refractivity (Wildman–Crippen MR) is 42.5 cm³/mol. The molecule has 64 valence electrons. The van der Waals surface area contributed by atoms with Gasteiger partial charge in [0.05, 0.1) is 0 Å². The smallest absolute Gasteiger partial charge is 0.333 e. The van der Waals surface area contributed by atoms with Crippen LogP contribution in [0.25, 0.3) is 0 Å². The van der Waals surface area contributed by atoms with Crippen LogP contribution in [0.4, 0.5) is 0 Å². The second-order valence-corrected chi connectivity index (χ2v) is 3.41. The summed E-state index contributed by atoms with van der Waals surface area (Å²) in [6.07, 6.45) is 6.96. The lowest BCUT2D eigenvalue weighted by Gasteiger charge is -2.16. The van der Waals surface area contributed by atoms with Gasteiger partial charge in [0, 0.05) is 5.41 Å². The summed E-state index contributed by atoms with van der Waals surface area (Å²) in [6, 6.07) is 0. The molecular formula is C9H10O3. The molecule has 0 heterocycles. The van der Waals surface area contributed by atoms with E-state index in [0.29, 0.717) is 0 Å². The van der Waals surface area contributed by atoms with Crippen LogP contribution in [0.15, 0.2) is 24.3 Å². The molecule has 2 rings (SSSR count). The SMILES string of the molecule is O=C(O)C(O)C12C=CC=CC1C2. The van der Waals surface area contributed by atoms with Gasteiger partial charge < -0.3 is 10.2 Å². The van der Waals surface area contributed by atoms with Crippen molar-refractivity contribution in [3.05, 3.63) is 24.3 Å². The summed E-state index contributed by atoms with van der Waals surface area (Å²) in [5.74, 6) is -0.897. The zero-order chi connectivity index (χ0) is 8.77. The molecule has 3 heteroatoms. The molecule has 1 saturated carbocycles. The summed E-state index contributed by atoms with van der Waals surface area (Å²) in [4.78, 5) is 10.5. The predicted octanol–water partition coefficient (Wildman–Crippen LogP) is 0.564. The van der Waals surface area contributed by atoms with Crippen molar-refractivity contribution in [1.82, 2.24) is 0 Å². The fourth-order valence-electron chi connectivity index (χ4n) is 1.83. The maximum Gasteiger partial charge on any atom is 0.333 e. The third kappa shape index (κ3) is 0.830. The molecule has 2 aliphatic rings. The molecule has 0 aliphatic heterocycles. The summed E-state index contributed by atoms with van der Waals surface area (Å²) in [5.41, 5.74) is -0.486. The highest BCUT2D eigenvalue weighted by molar-refractivity contribution is 5.75. The molecule has 0 amide bonds. The number of fused-ring (bicyclic) bond motifs is 1. The largest absolute Gasteiger partial charge is 0.479 e. The van der Waals surface area contributed by atoms with Crippen LogP contribution in [0.5, 0.6) is 0 Å². The van der Waals surface area contributed by atoms with E-state index in [-0.39, 0.29) is 5.92 Å². The summed E-state index contributed by atoms with van der Waals surface area (Å²) in [6.45, 7) is 0. The number of rotatable bonds is 2. The molecule has 0 bridgehead atoms. The van der Waals surface area contributed by atoms with E-state index in [1.165, 1.54) is 0 Å². The molecule has 0 aromatic carbocycles. The van der Waals surface area contributed by atoms with Crippen molar-refractivity contribution in [2.24, 2.45) is 11.3 Å². The van der Waals surface area contributed by atoms with E-state index >= 15 is 0 Å². The molecular weight excluding hydrogens is 156 g/mol. The van der Waals surface area contributed by atoms with Crippen LogP contribution < -0.4 is 0 Å². The van der Waals surface area contributed by atoms with Gasteiger partial charge in [0.25, 0.3) is 0 Å². The van der Waals surface area contributed by atoms with Crippen molar-refractivity contribution in [3.63, 3.8) is 0 Å². The van der Waals surface area contributed by atoms with E-state index < -0.39 is 17.5 Å². The Morgan fingerprint density at radius 2 is 2.33 bits per heavy atom. The number of carboxylic acids is 1. The molecule has 0 spiro atoms. The van der Waals surface area contributed by atoms with Gasteiger partial charge in [-0.1, -0.05) is 24.3 Å². The average Bonchev–Trinajstić information content (AvgIpc) is 2.77. The Hall–Kier alpha value is -1.09. The zero-order valence-electron chi connectivity index (χ0n) is 6.47. The first-order valence-electron chi connectivity index (χ1n) is 3.94. The number of carbonyl (C=O) groups is 1. The molecule has 0 radical (unpaired) electrons. The Bertz CT molecular complexity index is 279. The third-order valence-electron chi connectivity index (χ3n) is 2.71. The highest BCUT2D eigenvalue weighted by Crippen LogP contribution is 2.58. The molecule has 3 unspecified atom stereocenters. The number of carboxylic acid groups (broad SMARTS) is 1. The van der Waals surface area contributed by atoms with Crippen LogP contribution in [0.3, 0.4) is 0 Å². The van der Waals surface area contributed by atoms with Crippen LogP contribution in [0.1, 0.15) is 6.42 Å². The van der Waals surface area contributed by atoms with E-state index in [1.54, 1.807) is 12.2 Å².